The molecular weight excluding hydrogens is 531 g/mol. The number of fused-ring (bicyclic) bond motifs is 3. The molecule has 3 saturated carbocycles. The average Bonchev–Trinajstić information content (AvgIpc) is 3.11. The first kappa shape index (κ1) is 35.7. The maximum absolute atomic E-state index is 13.6. The largest absolute Gasteiger partial charge is 1.00 e. The van der Waals surface area contributed by atoms with Gasteiger partial charge in [0.1, 0.15) is 6.10 Å². The van der Waals surface area contributed by atoms with Crippen LogP contribution in [0.1, 0.15) is 87.5 Å². The predicted octanol–water partition coefficient (Wildman–Crippen LogP) is 1.64. The SMILES string of the molecule is COC(/C=C/C(C)(C)O)/C(C)=C/C=C/C(C)=C1\C(=O)C[C@@H]2C1(C)CCC1[C@@](C)(C(=O)[O-])C(OC(C)=O)CC[C@@]12C.[Na+]. The molecule has 41 heavy (non-hydrogen) atoms. The molecule has 3 rings (SSSR count). The van der Waals surface area contributed by atoms with Crippen molar-refractivity contribution in [2.75, 3.05) is 7.11 Å². The van der Waals surface area contributed by atoms with Crippen molar-refractivity contribution in [1.82, 2.24) is 0 Å². The molecule has 0 aromatic rings. The van der Waals surface area contributed by atoms with Crippen molar-refractivity contribution in [3.05, 3.63) is 47.1 Å². The van der Waals surface area contributed by atoms with Crippen molar-refractivity contribution < 1.29 is 63.6 Å². The van der Waals surface area contributed by atoms with E-state index in [0.717, 1.165) is 16.7 Å². The zero-order chi connectivity index (χ0) is 30.3. The van der Waals surface area contributed by atoms with Crippen molar-refractivity contribution >= 4 is 17.7 Å². The molecule has 0 radical (unpaired) electrons. The Morgan fingerprint density at radius 1 is 1.10 bits per heavy atom. The Hall–Kier alpha value is -1.51. The Kier molecular flexibility index (Phi) is 11.3. The molecule has 3 fully saturated rings. The fourth-order valence-corrected chi connectivity index (χ4v) is 8.17. The monoisotopic (exact) mass is 578 g/mol. The Balaban J connectivity index is 0.00000588. The number of esters is 1. The van der Waals surface area contributed by atoms with Crippen LogP contribution in [0.3, 0.4) is 0 Å². The van der Waals surface area contributed by atoms with Crippen LogP contribution >= 0.6 is 0 Å². The van der Waals surface area contributed by atoms with Crippen LogP contribution in [-0.4, -0.2) is 47.7 Å². The van der Waals surface area contributed by atoms with Crippen molar-refractivity contribution in [3.63, 3.8) is 0 Å². The molecule has 8 heteroatoms. The van der Waals surface area contributed by atoms with Gasteiger partial charge in [0.15, 0.2) is 5.78 Å². The third-order valence-electron chi connectivity index (χ3n) is 10.1. The third kappa shape index (κ3) is 6.85. The van der Waals surface area contributed by atoms with E-state index in [1.807, 2.05) is 38.2 Å². The fraction of sp³-hybridized carbons (Fsp3) is 0.667. The number of carboxylic acid groups (broad SMARTS) is 1. The summed E-state index contributed by atoms with van der Waals surface area (Å²) in [6.45, 7) is 14.6. The minimum atomic E-state index is -1.32. The zero-order valence-corrected chi connectivity index (χ0v) is 28.6. The maximum atomic E-state index is 13.6. The van der Waals surface area contributed by atoms with Gasteiger partial charge in [-0.3, -0.25) is 9.59 Å². The average molecular weight is 579 g/mol. The number of allylic oxidation sites excluding steroid dienone is 5. The molecule has 7 nitrogen and oxygen atoms in total. The number of carbonyl (C=O) groups is 3. The normalized spacial score (nSPS) is 36.0. The molecule has 0 aliphatic heterocycles. The van der Waals surface area contributed by atoms with Crippen molar-refractivity contribution in [1.29, 1.82) is 0 Å². The number of methoxy groups -OCH3 is 1. The van der Waals surface area contributed by atoms with Crippen LogP contribution in [0.15, 0.2) is 47.1 Å². The molecule has 4 unspecified atom stereocenters. The smallest absolute Gasteiger partial charge is 0.549 e. The van der Waals surface area contributed by atoms with Crippen molar-refractivity contribution in [2.45, 2.75) is 105 Å². The zero-order valence-electron chi connectivity index (χ0n) is 26.6. The van der Waals surface area contributed by atoms with Gasteiger partial charge < -0.3 is 24.5 Å². The van der Waals surface area contributed by atoms with E-state index in [0.29, 0.717) is 32.1 Å². The second-order valence-electron chi connectivity index (χ2n) is 13.4. The summed E-state index contributed by atoms with van der Waals surface area (Å²) in [4.78, 5) is 38.0. The first-order chi connectivity index (χ1) is 18.4. The summed E-state index contributed by atoms with van der Waals surface area (Å²) < 4.78 is 11.1. The molecule has 3 aliphatic rings. The number of rotatable bonds is 8. The van der Waals surface area contributed by atoms with Gasteiger partial charge in [0.25, 0.3) is 0 Å². The molecule has 1 N–H and O–H groups in total. The Morgan fingerprint density at radius 3 is 2.27 bits per heavy atom. The molecule has 0 spiro atoms. The summed E-state index contributed by atoms with van der Waals surface area (Å²) in [5.41, 5.74) is -0.324. The van der Waals surface area contributed by atoms with E-state index >= 15 is 0 Å². The Labute approximate surface area is 267 Å². The van der Waals surface area contributed by atoms with E-state index < -0.39 is 34.5 Å². The van der Waals surface area contributed by atoms with Crippen LogP contribution in [0.4, 0.5) is 0 Å². The predicted molar refractivity (Wildman–Crippen MR) is 152 cm³/mol. The van der Waals surface area contributed by atoms with Crippen molar-refractivity contribution in [3.8, 4) is 0 Å². The number of Topliss-reactive ketones (excluding diaryl/α,β-unsaturated/α-hetero) is 1. The number of ketones is 1. The maximum Gasteiger partial charge on any atom is 1.00 e. The number of carbonyl (C=O) groups excluding carboxylic acids is 3. The Bertz CT molecular complexity index is 1160. The summed E-state index contributed by atoms with van der Waals surface area (Å²) in [5.74, 6) is -1.83. The van der Waals surface area contributed by atoms with Gasteiger partial charge >= 0.3 is 35.5 Å². The first-order valence-electron chi connectivity index (χ1n) is 14.3. The summed E-state index contributed by atoms with van der Waals surface area (Å²) in [6.07, 6.45) is 11.2. The molecular formula is C33H47NaO7. The fourth-order valence-electron chi connectivity index (χ4n) is 8.17. The van der Waals surface area contributed by atoms with E-state index in [9.17, 15) is 24.6 Å². The summed E-state index contributed by atoms with van der Waals surface area (Å²) in [6, 6.07) is 0. The van der Waals surface area contributed by atoms with Gasteiger partial charge in [-0.25, -0.2) is 0 Å². The van der Waals surface area contributed by atoms with Crippen LogP contribution in [0.5, 0.6) is 0 Å². The number of aliphatic hydroxyl groups is 1. The second kappa shape index (κ2) is 13.0. The van der Waals surface area contributed by atoms with Gasteiger partial charge in [-0.1, -0.05) is 51.2 Å². The van der Waals surface area contributed by atoms with E-state index in [2.05, 4.69) is 13.8 Å². The van der Waals surface area contributed by atoms with E-state index in [1.54, 1.807) is 34.0 Å². The van der Waals surface area contributed by atoms with Crippen LogP contribution in [-0.2, 0) is 23.9 Å². The molecule has 0 heterocycles. The van der Waals surface area contributed by atoms with E-state index in [-0.39, 0.29) is 58.7 Å². The minimum absolute atomic E-state index is 0. The number of ether oxygens (including phenoxy) is 2. The molecule has 0 aromatic carbocycles. The number of carboxylic acids is 1. The molecule has 0 amide bonds. The second-order valence-corrected chi connectivity index (χ2v) is 13.4. The first-order valence-corrected chi connectivity index (χ1v) is 14.3. The molecule has 0 aromatic heterocycles. The molecule has 0 bridgehead atoms. The molecule has 7 atom stereocenters. The molecule has 222 valence electrons. The van der Waals surface area contributed by atoms with Gasteiger partial charge in [-0.2, -0.15) is 0 Å². The van der Waals surface area contributed by atoms with Gasteiger partial charge in [0, 0.05) is 36.9 Å². The number of aliphatic carboxylic acids is 1. The molecule has 3 aliphatic carbocycles. The van der Waals surface area contributed by atoms with Crippen LogP contribution in [0.25, 0.3) is 0 Å². The number of hydrogen-bond donors (Lipinski definition) is 1. The minimum Gasteiger partial charge on any atom is -0.549 e. The van der Waals surface area contributed by atoms with E-state index in [4.69, 9.17) is 9.47 Å². The number of hydrogen-bond acceptors (Lipinski definition) is 7. The topological polar surface area (TPSA) is 113 Å². The van der Waals surface area contributed by atoms with Gasteiger partial charge in [0.2, 0.25) is 0 Å². The van der Waals surface area contributed by atoms with Crippen LogP contribution < -0.4 is 34.7 Å². The summed E-state index contributed by atoms with van der Waals surface area (Å²) in [7, 11) is 1.62. The third-order valence-corrected chi connectivity index (χ3v) is 10.1. The summed E-state index contributed by atoms with van der Waals surface area (Å²) in [5, 5.41) is 22.6. The van der Waals surface area contributed by atoms with Gasteiger partial charge in [-0.05, 0) is 81.8 Å². The van der Waals surface area contributed by atoms with E-state index in [1.165, 1.54) is 6.92 Å². The van der Waals surface area contributed by atoms with Gasteiger partial charge in [0.05, 0.1) is 17.7 Å². The van der Waals surface area contributed by atoms with Crippen molar-refractivity contribution in [2.24, 2.45) is 28.1 Å². The standard InChI is InChI=1S/C33H48O7.Na/c1-20(24(39-9)13-16-30(4,5)38)11-10-12-21(2)28-23(35)19-26-31(6)18-15-27(40-22(3)34)33(8,29(36)37)25(31)14-17-32(26,28)7;/h10-13,16,24-27,38H,14-15,17-19H2,1-9H3,(H,36,37);/q;+1/p-1/b12-10+,16-13+,20-11+,28-21+;/t24?,25?,26-,27?,31-,32?,33+;/m0./s1. The molecule has 0 saturated heterocycles. The van der Waals surface area contributed by atoms with Gasteiger partial charge in [-0.15, -0.1) is 0 Å². The Morgan fingerprint density at radius 2 is 1.73 bits per heavy atom. The van der Waals surface area contributed by atoms with Crippen LogP contribution in [0, 0.1) is 28.1 Å². The van der Waals surface area contributed by atoms with Crippen LogP contribution in [0.2, 0.25) is 0 Å². The quantitative estimate of drug-likeness (QED) is 0.153. The summed E-state index contributed by atoms with van der Waals surface area (Å²) >= 11 is 0.